The van der Waals surface area contributed by atoms with Crippen LogP contribution in [-0.2, 0) is 9.53 Å². The zero-order valence-corrected chi connectivity index (χ0v) is 11.7. The van der Waals surface area contributed by atoms with Gasteiger partial charge in [-0.3, -0.25) is 19.7 Å². The Balaban J connectivity index is 2.20. The fourth-order valence-corrected chi connectivity index (χ4v) is 2.50. The molecule has 1 fully saturated rings. The molecule has 1 heterocycles. The third kappa shape index (κ3) is 3.18. The number of amides is 1. The Morgan fingerprint density at radius 1 is 1.38 bits per heavy atom. The summed E-state index contributed by atoms with van der Waals surface area (Å²) in [6.07, 6.45) is 1.33. The molecule has 7 nitrogen and oxygen atoms in total. The fraction of sp³-hybridized carbons (Fsp3) is 0.429. The molecule has 0 radical (unpaired) electrons. The van der Waals surface area contributed by atoms with Gasteiger partial charge in [-0.05, 0) is 18.9 Å². The number of nitro groups is 1. The van der Waals surface area contributed by atoms with Crippen molar-refractivity contribution in [3.05, 3.63) is 39.9 Å². The van der Waals surface area contributed by atoms with Gasteiger partial charge in [0.05, 0.1) is 18.0 Å². The van der Waals surface area contributed by atoms with Crippen LogP contribution in [0.5, 0.6) is 0 Å². The van der Waals surface area contributed by atoms with Crippen LogP contribution in [0.4, 0.5) is 5.69 Å². The molecule has 0 aliphatic carbocycles. The molecule has 0 N–H and O–H groups in total. The average Bonchev–Trinajstić information content (AvgIpc) is 2.53. The Morgan fingerprint density at radius 2 is 2.10 bits per heavy atom. The number of rotatable bonds is 3. The Morgan fingerprint density at radius 3 is 2.76 bits per heavy atom. The van der Waals surface area contributed by atoms with Gasteiger partial charge in [0, 0.05) is 19.2 Å². The minimum Gasteiger partial charge on any atom is -0.469 e. The number of carbonyl (C=O) groups excluding carboxylic acids is 2. The molecule has 1 saturated heterocycles. The molecule has 0 spiro atoms. The Hall–Kier alpha value is -2.44. The highest BCUT2D eigenvalue weighted by atomic mass is 16.6. The lowest BCUT2D eigenvalue weighted by atomic mass is 9.97. The minimum atomic E-state index is -0.574. The summed E-state index contributed by atoms with van der Waals surface area (Å²) < 4.78 is 4.70. The molecule has 1 unspecified atom stereocenters. The second-order valence-electron chi connectivity index (χ2n) is 4.89. The first-order valence-corrected chi connectivity index (χ1v) is 6.65. The van der Waals surface area contributed by atoms with Crippen LogP contribution in [0.25, 0.3) is 0 Å². The monoisotopic (exact) mass is 292 g/mol. The molecule has 2 rings (SSSR count). The molecule has 7 heteroatoms. The lowest BCUT2D eigenvalue weighted by Gasteiger charge is -2.31. The van der Waals surface area contributed by atoms with E-state index in [1.165, 1.54) is 30.2 Å². The summed E-state index contributed by atoms with van der Waals surface area (Å²) in [5, 5.41) is 11.0. The maximum Gasteiger partial charge on any atom is 0.310 e. The first kappa shape index (κ1) is 15.0. The topological polar surface area (TPSA) is 89.8 Å². The van der Waals surface area contributed by atoms with E-state index in [-0.39, 0.29) is 29.7 Å². The highest BCUT2D eigenvalue weighted by Crippen LogP contribution is 2.24. The molecule has 0 aromatic heterocycles. The number of nitrogens with zero attached hydrogens (tertiary/aromatic N) is 2. The molecule has 0 bridgehead atoms. The zero-order valence-electron chi connectivity index (χ0n) is 11.7. The quantitative estimate of drug-likeness (QED) is 0.479. The van der Waals surface area contributed by atoms with Crippen molar-refractivity contribution in [2.45, 2.75) is 12.8 Å². The summed E-state index contributed by atoms with van der Waals surface area (Å²) >= 11 is 0. The van der Waals surface area contributed by atoms with Crippen molar-refractivity contribution in [2.24, 2.45) is 5.92 Å². The number of piperidine rings is 1. The van der Waals surface area contributed by atoms with Gasteiger partial charge in [-0.25, -0.2) is 0 Å². The van der Waals surface area contributed by atoms with E-state index in [1.807, 2.05) is 0 Å². The van der Waals surface area contributed by atoms with Crippen LogP contribution in [0.2, 0.25) is 0 Å². The van der Waals surface area contributed by atoms with E-state index in [4.69, 9.17) is 4.74 Å². The number of hydrogen-bond donors (Lipinski definition) is 0. The molecular formula is C14H16N2O5. The summed E-state index contributed by atoms with van der Waals surface area (Å²) in [5.74, 6) is -1.14. The van der Waals surface area contributed by atoms with E-state index in [9.17, 15) is 19.7 Å². The van der Waals surface area contributed by atoms with Crippen molar-refractivity contribution < 1.29 is 19.2 Å². The summed E-state index contributed by atoms with van der Waals surface area (Å²) in [7, 11) is 1.31. The average molecular weight is 292 g/mol. The van der Waals surface area contributed by atoms with Gasteiger partial charge < -0.3 is 9.64 Å². The van der Waals surface area contributed by atoms with Crippen molar-refractivity contribution >= 4 is 17.6 Å². The van der Waals surface area contributed by atoms with Gasteiger partial charge in [0.2, 0.25) is 0 Å². The van der Waals surface area contributed by atoms with Crippen LogP contribution in [0.3, 0.4) is 0 Å². The van der Waals surface area contributed by atoms with Crippen LogP contribution >= 0.6 is 0 Å². The molecule has 1 amide bonds. The molecule has 1 atom stereocenters. The van der Waals surface area contributed by atoms with Crippen LogP contribution in [0, 0.1) is 16.0 Å². The smallest absolute Gasteiger partial charge is 0.310 e. The van der Waals surface area contributed by atoms with Gasteiger partial charge >= 0.3 is 5.97 Å². The third-order valence-corrected chi connectivity index (χ3v) is 3.57. The second kappa shape index (κ2) is 6.34. The molecule has 112 valence electrons. The summed E-state index contributed by atoms with van der Waals surface area (Å²) in [4.78, 5) is 35.9. The van der Waals surface area contributed by atoms with Crippen LogP contribution in [0.1, 0.15) is 23.2 Å². The SMILES string of the molecule is COC(=O)C1CCCN(C(=O)c2ccccc2[N+](=O)[O-])C1. The van der Waals surface area contributed by atoms with E-state index < -0.39 is 10.8 Å². The summed E-state index contributed by atoms with van der Waals surface area (Å²) in [6.45, 7) is 0.718. The summed E-state index contributed by atoms with van der Waals surface area (Å²) in [5.41, 5.74) is -0.171. The highest BCUT2D eigenvalue weighted by Gasteiger charge is 2.31. The minimum absolute atomic E-state index is 0.0491. The number of likely N-dealkylation sites (tertiary alicyclic amines) is 1. The molecule has 0 saturated carbocycles. The van der Waals surface area contributed by atoms with E-state index in [1.54, 1.807) is 6.07 Å². The number of nitro benzene ring substituents is 1. The summed E-state index contributed by atoms with van der Waals surface area (Å²) in [6, 6.07) is 5.83. The number of hydrogen-bond acceptors (Lipinski definition) is 5. The van der Waals surface area contributed by atoms with E-state index in [0.29, 0.717) is 19.4 Å². The first-order valence-electron chi connectivity index (χ1n) is 6.65. The number of benzene rings is 1. The molecule has 21 heavy (non-hydrogen) atoms. The lowest BCUT2D eigenvalue weighted by molar-refractivity contribution is -0.385. The number of carbonyl (C=O) groups is 2. The Bertz CT molecular complexity index is 572. The van der Waals surface area contributed by atoms with E-state index in [0.717, 1.165) is 0 Å². The number of methoxy groups -OCH3 is 1. The molecule has 1 aromatic carbocycles. The lowest BCUT2D eigenvalue weighted by Crippen LogP contribution is -2.42. The fourth-order valence-electron chi connectivity index (χ4n) is 2.50. The van der Waals surface area contributed by atoms with E-state index >= 15 is 0 Å². The second-order valence-corrected chi connectivity index (χ2v) is 4.89. The predicted octanol–water partition coefficient (Wildman–Crippen LogP) is 1.62. The highest BCUT2D eigenvalue weighted by molar-refractivity contribution is 5.98. The van der Waals surface area contributed by atoms with Crippen LogP contribution < -0.4 is 0 Å². The molecule has 1 aliphatic rings. The van der Waals surface area contributed by atoms with Gasteiger partial charge in [0.25, 0.3) is 11.6 Å². The molecule has 1 aromatic rings. The maximum atomic E-state index is 12.5. The number of esters is 1. The Kier molecular flexibility index (Phi) is 4.52. The van der Waals surface area contributed by atoms with Crippen LogP contribution in [-0.4, -0.2) is 41.9 Å². The van der Waals surface area contributed by atoms with Gasteiger partial charge in [-0.15, -0.1) is 0 Å². The number of ether oxygens (including phenoxy) is 1. The maximum absolute atomic E-state index is 12.5. The van der Waals surface area contributed by atoms with Crippen molar-refractivity contribution in [2.75, 3.05) is 20.2 Å². The predicted molar refractivity (Wildman–Crippen MR) is 73.7 cm³/mol. The Labute approximate surface area is 121 Å². The van der Waals surface area contributed by atoms with Crippen molar-refractivity contribution in [3.63, 3.8) is 0 Å². The molecule has 1 aliphatic heterocycles. The van der Waals surface area contributed by atoms with Crippen molar-refractivity contribution in [3.8, 4) is 0 Å². The van der Waals surface area contributed by atoms with Crippen molar-refractivity contribution in [1.29, 1.82) is 0 Å². The first-order chi connectivity index (χ1) is 10.0. The largest absolute Gasteiger partial charge is 0.469 e. The molecular weight excluding hydrogens is 276 g/mol. The third-order valence-electron chi connectivity index (χ3n) is 3.57. The standard InChI is InChI=1S/C14H16N2O5/c1-21-14(18)10-5-4-8-15(9-10)13(17)11-6-2-3-7-12(11)16(19)20/h2-3,6-7,10H,4-5,8-9H2,1H3. The van der Waals surface area contributed by atoms with Gasteiger partial charge in [0.15, 0.2) is 0 Å². The van der Waals surface area contributed by atoms with Crippen LogP contribution in [0.15, 0.2) is 24.3 Å². The number of para-hydroxylation sites is 1. The van der Waals surface area contributed by atoms with Gasteiger partial charge in [-0.2, -0.15) is 0 Å². The van der Waals surface area contributed by atoms with Gasteiger partial charge in [0.1, 0.15) is 5.56 Å². The van der Waals surface area contributed by atoms with Gasteiger partial charge in [-0.1, -0.05) is 12.1 Å². The normalized spacial score (nSPS) is 18.1. The van der Waals surface area contributed by atoms with Crippen molar-refractivity contribution in [1.82, 2.24) is 4.90 Å². The zero-order chi connectivity index (χ0) is 15.4. The van der Waals surface area contributed by atoms with E-state index in [2.05, 4.69) is 0 Å².